The summed E-state index contributed by atoms with van der Waals surface area (Å²) < 4.78 is 14.0. The molecule has 170 valence electrons. The van der Waals surface area contributed by atoms with Crippen molar-refractivity contribution < 1.29 is 9.47 Å². The highest BCUT2D eigenvalue weighted by Crippen LogP contribution is 2.21. The van der Waals surface area contributed by atoms with Crippen molar-refractivity contribution in [3.05, 3.63) is 54.1 Å². The summed E-state index contributed by atoms with van der Waals surface area (Å²) in [4.78, 5) is 11.3. The smallest absolute Gasteiger partial charge is 0.194 e. The molecule has 2 aliphatic heterocycles. The van der Waals surface area contributed by atoms with Gasteiger partial charge >= 0.3 is 0 Å². The molecule has 3 heterocycles. The van der Waals surface area contributed by atoms with E-state index in [0.717, 1.165) is 63.7 Å². The van der Waals surface area contributed by atoms with Crippen molar-refractivity contribution in [3.63, 3.8) is 0 Å². The van der Waals surface area contributed by atoms with Gasteiger partial charge in [-0.2, -0.15) is 0 Å². The first kappa shape index (κ1) is 24.0. The van der Waals surface area contributed by atoms with Gasteiger partial charge in [0.25, 0.3) is 0 Å². The summed E-state index contributed by atoms with van der Waals surface area (Å²) in [6, 6.07) is 10.6. The van der Waals surface area contributed by atoms with Crippen molar-refractivity contribution in [3.8, 4) is 0 Å². The third kappa shape index (κ3) is 6.66. The fraction of sp³-hybridized carbons (Fsp3) is 0.565. The predicted octanol–water partition coefficient (Wildman–Crippen LogP) is 3.09. The number of aromatic nitrogens is 2. The summed E-state index contributed by atoms with van der Waals surface area (Å²) >= 11 is 0. The number of imidazole rings is 1. The van der Waals surface area contributed by atoms with Crippen molar-refractivity contribution in [2.75, 3.05) is 33.4 Å². The van der Waals surface area contributed by atoms with E-state index in [2.05, 4.69) is 61.3 Å². The maximum atomic E-state index is 5.97. The normalized spacial score (nSPS) is 21.7. The highest BCUT2D eigenvalue weighted by Gasteiger charge is 2.32. The topological polar surface area (TPSA) is 63.9 Å². The molecule has 0 amide bonds. The largest absolute Gasteiger partial charge is 0.375 e. The van der Waals surface area contributed by atoms with Gasteiger partial charge in [0.15, 0.2) is 5.96 Å². The molecular weight excluding hydrogens is 505 g/mol. The number of rotatable bonds is 7. The van der Waals surface area contributed by atoms with E-state index < -0.39 is 0 Å². The van der Waals surface area contributed by atoms with E-state index in [0.29, 0.717) is 13.2 Å². The summed E-state index contributed by atoms with van der Waals surface area (Å²) in [6.07, 6.45) is 8.67. The minimum Gasteiger partial charge on any atom is -0.375 e. The third-order valence-corrected chi connectivity index (χ3v) is 5.90. The van der Waals surface area contributed by atoms with Crippen molar-refractivity contribution >= 4 is 29.9 Å². The second-order valence-corrected chi connectivity index (χ2v) is 7.93. The number of guanidine groups is 1. The van der Waals surface area contributed by atoms with Crippen molar-refractivity contribution in [2.24, 2.45) is 4.99 Å². The first-order valence-corrected chi connectivity index (χ1v) is 11.1. The number of benzene rings is 1. The zero-order valence-corrected chi connectivity index (χ0v) is 20.6. The van der Waals surface area contributed by atoms with Crippen LogP contribution in [0.2, 0.25) is 0 Å². The van der Waals surface area contributed by atoms with Crippen LogP contribution in [0, 0.1) is 0 Å². The number of hydrogen-bond donors (Lipinski definition) is 1. The molecule has 1 aromatic carbocycles. The molecule has 0 spiro atoms. The van der Waals surface area contributed by atoms with Crippen LogP contribution in [0.4, 0.5) is 0 Å². The van der Waals surface area contributed by atoms with Crippen LogP contribution < -0.4 is 5.32 Å². The maximum absolute atomic E-state index is 5.97. The fourth-order valence-electron chi connectivity index (χ4n) is 4.29. The molecule has 2 unspecified atom stereocenters. The molecule has 0 radical (unpaired) electrons. The van der Waals surface area contributed by atoms with Gasteiger partial charge in [0.2, 0.25) is 0 Å². The summed E-state index contributed by atoms with van der Waals surface area (Å²) in [6.45, 7) is 4.84. The van der Waals surface area contributed by atoms with Crippen molar-refractivity contribution in [1.29, 1.82) is 0 Å². The average Bonchev–Trinajstić information content (AvgIpc) is 3.48. The Labute approximate surface area is 202 Å². The monoisotopic (exact) mass is 539 g/mol. The number of aryl methyl sites for hydroxylation is 2. The zero-order chi connectivity index (χ0) is 20.6. The van der Waals surface area contributed by atoms with E-state index in [1.165, 1.54) is 5.56 Å². The lowest BCUT2D eigenvalue weighted by atomic mass is 10.1. The number of nitrogens with one attached hydrogen (secondary N) is 1. The van der Waals surface area contributed by atoms with Gasteiger partial charge in [-0.1, -0.05) is 30.3 Å². The summed E-state index contributed by atoms with van der Waals surface area (Å²) in [7, 11) is 1.84. The maximum Gasteiger partial charge on any atom is 0.194 e. The van der Waals surface area contributed by atoms with Crippen LogP contribution in [0.15, 0.2) is 47.7 Å². The van der Waals surface area contributed by atoms with E-state index in [9.17, 15) is 0 Å². The van der Waals surface area contributed by atoms with Gasteiger partial charge in [0.1, 0.15) is 11.9 Å². The fourth-order valence-corrected chi connectivity index (χ4v) is 4.29. The molecule has 7 nitrogen and oxygen atoms in total. The predicted molar refractivity (Wildman–Crippen MR) is 133 cm³/mol. The van der Waals surface area contributed by atoms with Crippen LogP contribution in [-0.4, -0.2) is 66.0 Å². The van der Waals surface area contributed by atoms with Gasteiger partial charge in [-0.15, -0.1) is 24.0 Å². The molecule has 0 aliphatic carbocycles. The average molecular weight is 539 g/mol. The molecule has 2 aromatic rings. The van der Waals surface area contributed by atoms with E-state index in [4.69, 9.17) is 9.47 Å². The van der Waals surface area contributed by atoms with Crippen LogP contribution >= 0.6 is 24.0 Å². The molecule has 2 atom stereocenters. The number of aliphatic imine (C=N–C) groups is 1. The first-order chi connectivity index (χ1) is 14.8. The Morgan fingerprint density at radius 1 is 1.19 bits per heavy atom. The van der Waals surface area contributed by atoms with E-state index in [1.807, 2.05) is 13.2 Å². The summed E-state index contributed by atoms with van der Waals surface area (Å²) in [5.41, 5.74) is 1.38. The van der Waals surface area contributed by atoms with Crippen LogP contribution in [0.1, 0.15) is 30.7 Å². The molecule has 31 heavy (non-hydrogen) atoms. The molecule has 1 aromatic heterocycles. The number of hydrogen-bond acceptors (Lipinski definition) is 4. The summed E-state index contributed by atoms with van der Waals surface area (Å²) in [5.74, 6) is 1.94. The molecule has 4 rings (SSSR count). The Hall–Kier alpha value is -1.65. The Morgan fingerprint density at radius 3 is 2.81 bits per heavy atom. The Balaban J connectivity index is 0.00000272. The minimum atomic E-state index is 0. The van der Waals surface area contributed by atoms with Crippen molar-refractivity contribution in [2.45, 2.75) is 51.0 Å². The van der Waals surface area contributed by atoms with Gasteiger partial charge in [-0.3, -0.25) is 4.99 Å². The van der Waals surface area contributed by atoms with Gasteiger partial charge < -0.3 is 24.3 Å². The SMILES string of the molecule is CN=C(NCc1nccn1CCCc1ccccc1)N1CCOC(C2CCCO2)C1.I. The van der Waals surface area contributed by atoms with Crippen molar-refractivity contribution in [1.82, 2.24) is 19.8 Å². The van der Waals surface area contributed by atoms with Gasteiger partial charge in [0, 0.05) is 45.7 Å². The van der Waals surface area contributed by atoms with E-state index >= 15 is 0 Å². The Bertz CT molecular complexity index is 807. The summed E-state index contributed by atoms with van der Waals surface area (Å²) in [5, 5.41) is 3.50. The Morgan fingerprint density at radius 2 is 2.03 bits per heavy atom. The number of nitrogens with zero attached hydrogens (tertiary/aromatic N) is 4. The molecular formula is C23H34IN5O2. The lowest BCUT2D eigenvalue weighted by Crippen LogP contribution is -2.53. The third-order valence-electron chi connectivity index (χ3n) is 5.90. The van der Waals surface area contributed by atoms with Gasteiger partial charge in [-0.05, 0) is 31.2 Å². The van der Waals surface area contributed by atoms with Crippen LogP contribution in [0.5, 0.6) is 0 Å². The molecule has 2 saturated heterocycles. The quantitative estimate of drug-likeness (QED) is 0.333. The van der Waals surface area contributed by atoms with E-state index in [-0.39, 0.29) is 36.2 Å². The standard InChI is InChI=1S/C23H33N5O2.HI/c1-24-23(28-14-16-30-21(18-28)20-10-6-15-29-20)26-17-22-25-11-13-27(22)12-5-9-19-7-3-2-4-8-19;/h2-4,7-8,11,13,20-21H,5-6,9-10,12,14-18H2,1H3,(H,24,26);1H. The van der Waals surface area contributed by atoms with Crippen LogP contribution in [-0.2, 0) is 29.0 Å². The van der Waals surface area contributed by atoms with Gasteiger partial charge in [-0.25, -0.2) is 4.98 Å². The van der Waals surface area contributed by atoms with Gasteiger partial charge in [0.05, 0.1) is 19.3 Å². The lowest BCUT2D eigenvalue weighted by molar-refractivity contribution is -0.0817. The lowest BCUT2D eigenvalue weighted by Gasteiger charge is -2.37. The second kappa shape index (κ2) is 12.4. The highest BCUT2D eigenvalue weighted by molar-refractivity contribution is 14.0. The number of ether oxygens (including phenoxy) is 2. The van der Waals surface area contributed by atoms with Crippen LogP contribution in [0.3, 0.4) is 0 Å². The first-order valence-electron chi connectivity index (χ1n) is 11.1. The molecule has 8 heteroatoms. The zero-order valence-electron chi connectivity index (χ0n) is 18.3. The number of morpholine rings is 1. The number of halogens is 1. The molecule has 1 N–H and O–H groups in total. The van der Waals surface area contributed by atoms with Crippen LogP contribution in [0.25, 0.3) is 0 Å². The highest BCUT2D eigenvalue weighted by atomic mass is 127. The minimum absolute atomic E-state index is 0. The Kier molecular flexibility index (Phi) is 9.60. The molecule has 0 saturated carbocycles. The van der Waals surface area contributed by atoms with E-state index in [1.54, 1.807) is 0 Å². The second-order valence-electron chi connectivity index (χ2n) is 7.93. The molecule has 0 bridgehead atoms. The molecule has 2 aliphatic rings. The molecule has 2 fully saturated rings.